The number of halogens is 1. The monoisotopic (exact) mass is 439 g/mol. The first-order valence-electron chi connectivity index (χ1n) is 10.0. The van der Waals surface area contributed by atoms with Crippen molar-refractivity contribution < 1.29 is 4.74 Å². The van der Waals surface area contributed by atoms with Gasteiger partial charge in [-0.25, -0.2) is 4.98 Å². The van der Waals surface area contributed by atoms with Gasteiger partial charge in [-0.2, -0.15) is 0 Å². The van der Waals surface area contributed by atoms with Crippen LogP contribution in [-0.2, 0) is 17.0 Å². The number of pyridine rings is 1. The molecule has 0 spiro atoms. The second-order valence-electron chi connectivity index (χ2n) is 7.55. The van der Waals surface area contributed by atoms with Gasteiger partial charge in [-0.1, -0.05) is 29.4 Å². The highest BCUT2D eigenvalue weighted by molar-refractivity contribution is 7.98. The number of ether oxygens (including phenoxy) is 1. The van der Waals surface area contributed by atoms with Gasteiger partial charge in [-0.3, -0.25) is 4.57 Å². The van der Waals surface area contributed by atoms with Crippen molar-refractivity contribution in [1.82, 2.24) is 24.1 Å². The van der Waals surface area contributed by atoms with Crippen LogP contribution in [0.25, 0.3) is 17.0 Å². The van der Waals surface area contributed by atoms with E-state index in [9.17, 15) is 0 Å². The summed E-state index contributed by atoms with van der Waals surface area (Å²) in [6.07, 6.45) is 6.54. The lowest BCUT2D eigenvalue weighted by atomic mass is 10.2. The van der Waals surface area contributed by atoms with E-state index in [-0.39, 0.29) is 6.10 Å². The molecule has 1 fully saturated rings. The summed E-state index contributed by atoms with van der Waals surface area (Å²) in [5, 5.41) is 10.6. The average molecular weight is 440 g/mol. The summed E-state index contributed by atoms with van der Waals surface area (Å²) in [4.78, 5) is 4.72. The molecule has 4 aromatic rings. The van der Waals surface area contributed by atoms with Crippen molar-refractivity contribution in [2.75, 3.05) is 6.61 Å². The first-order valence-corrected chi connectivity index (χ1v) is 11.4. The number of nitrogens with zero attached hydrogens (tertiary/aromatic N) is 5. The van der Waals surface area contributed by atoms with Gasteiger partial charge >= 0.3 is 0 Å². The number of fused-ring (bicyclic) bond motifs is 1. The quantitative estimate of drug-likeness (QED) is 0.394. The van der Waals surface area contributed by atoms with Crippen LogP contribution in [0.2, 0.25) is 5.02 Å². The van der Waals surface area contributed by atoms with Gasteiger partial charge in [0.15, 0.2) is 11.0 Å². The van der Waals surface area contributed by atoms with E-state index < -0.39 is 0 Å². The van der Waals surface area contributed by atoms with E-state index in [1.54, 1.807) is 11.8 Å². The summed E-state index contributed by atoms with van der Waals surface area (Å²) in [5.74, 6) is 1.57. The molecule has 154 valence electrons. The predicted molar refractivity (Wildman–Crippen MR) is 119 cm³/mol. The van der Waals surface area contributed by atoms with Crippen molar-refractivity contribution in [2.45, 2.75) is 43.3 Å². The van der Waals surface area contributed by atoms with E-state index in [1.807, 2.05) is 30.3 Å². The van der Waals surface area contributed by atoms with Crippen LogP contribution in [0.1, 0.15) is 24.1 Å². The van der Waals surface area contributed by atoms with E-state index in [0.29, 0.717) is 5.02 Å². The maximum Gasteiger partial charge on any atom is 0.191 e. The Bertz CT molecular complexity index is 1160. The third-order valence-electron chi connectivity index (χ3n) is 5.23. The maximum absolute atomic E-state index is 6.07. The summed E-state index contributed by atoms with van der Waals surface area (Å²) in [7, 11) is 0. The molecule has 0 amide bonds. The molecule has 0 N–H and O–H groups in total. The van der Waals surface area contributed by atoms with Gasteiger partial charge in [-0.15, -0.1) is 10.2 Å². The van der Waals surface area contributed by atoms with Crippen molar-refractivity contribution in [3.05, 3.63) is 65.1 Å². The molecule has 0 aliphatic carbocycles. The van der Waals surface area contributed by atoms with E-state index in [2.05, 4.69) is 44.5 Å². The van der Waals surface area contributed by atoms with Crippen molar-refractivity contribution in [3.63, 3.8) is 0 Å². The molecule has 4 heterocycles. The molecule has 1 saturated heterocycles. The van der Waals surface area contributed by atoms with Gasteiger partial charge in [0.2, 0.25) is 0 Å². The number of thioether (sulfide) groups is 1. The molecule has 1 aliphatic heterocycles. The van der Waals surface area contributed by atoms with E-state index in [4.69, 9.17) is 21.3 Å². The number of aromatic nitrogens is 5. The lowest BCUT2D eigenvalue weighted by Gasteiger charge is -2.14. The van der Waals surface area contributed by atoms with E-state index in [1.165, 1.54) is 5.56 Å². The zero-order chi connectivity index (χ0) is 20.5. The molecular formula is C22H22ClN5OS. The fourth-order valence-electron chi connectivity index (χ4n) is 3.73. The lowest BCUT2D eigenvalue weighted by Crippen LogP contribution is -2.16. The Kier molecular flexibility index (Phi) is 5.50. The minimum Gasteiger partial charge on any atom is -0.376 e. The molecular weight excluding hydrogens is 418 g/mol. The number of rotatable bonds is 6. The minimum atomic E-state index is 0.199. The number of imidazole rings is 1. The smallest absolute Gasteiger partial charge is 0.191 e. The van der Waals surface area contributed by atoms with Gasteiger partial charge in [-0.05, 0) is 55.7 Å². The molecule has 6 nitrogen and oxygen atoms in total. The Morgan fingerprint density at radius 3 is 2.80 bits per heavy atom. The molecule has 1 unspecified atom stereocenters. The second kappa shape index (κ2) is 8.41. The molecule has 0 saturated carbocycles. The number of hydrogen-bond acceptors (Lipinski definition) is 5. The number of aryl methyl sites for hydroxylation is 1. The van der Waals surface area contributed by atoms with Crippen LogP contribution in [-0.4, -0.2) is 36.9 Å². The number of hydrogen-bond donors (Lipinski definition) is 0. The third kappa shape index (κ3) is 4.10. The molecule has 8 heteroatoms. The van der Waals surface area contributed by atoms with Gasteiger partial charge in [0.25, 0.3) is 0 Å². The SMILES string of the molecule is Cc1ccc2nc(CSc3nnc(-c4ccc(Cl)cc4)n3CC3CCCO3)cn2c1. The Morgan fingerprint density at radius 1 is 1.13 bits per heavy atom. The summed E-state index contributed by atoms with van der Waals surface area (Å²) >= 11 is 7.72. The highest BCUT2D eigenvalue weighted by atomic mass is 35.5. The van der Waals surface area contributed by atoms with Crippen LogP contribution in [0.5, 0.6) is 0 Å². The molecule has 1 atom stereocenters. The highest BCUT2D eigenvalue weighted by Crippen LogP contribution is 2.29. The topological polar surface area (TPSA) is 57.2 Å². The minimum absolute atomic E-state index is 0.199. The lowest BCUT2D eigenvalue weighted by molar-refractivity contribution is 0.0953. The highest BCUT2D eigenvalue weighted by Gasteiger charge is 2.22. The normalized spacial score (nSPS) is 16.5. The third-order valence-corrected chi connectivity index (χ3v) is 6.48. The predicted octanol–water partition coefficient (Wildman–Crippen LogP) is 5.03. The first-order chi connectivity index (χ1) is 14.7. The standard InChI is InChI=1S/C22H22ClN5OS/c1-15-4-9-20-24-18(12-27(20)11-15)14-30-22-26-25-21(16-5-7-17(23)8-6-16)28(22)13-19-3-2-10-29-19/h4-9,11-12,19H,2-3,10,13-14H2,1H3. The number of benzene rings is 1. The second-order valence-corrected chi connectivity index (χ2v) is 8.93. The molecule has 3 aromatic heterocycles. The fourth-order valence-corrected chi connectivity index (χ4v) is 4.69. The van der Waals surface area contributed by atoms with Crippen LogP contribution in [0.15, 0.2) is 53.9 Å². The summed E-state index contributed by atoms with van der Waals surface area (Å²) in [6, 6.07) is 11.9. The zero-order valence-corrected chi connectivity index (χ0v) is 18.2. The summed E-state index contributed by atoms with van der Waals surface area (Å²) < 4.78 is 10.1. The van der Waals surface area contributed by atoms with Gasteiger partial charge in [0.05, 0.1) is 18.3 Å². The van der Waals surface area contributed by atoms with Gasteiger partial charge in [0, 0.05) is 35.3 Å². The van der Waals surface area contributed by atoms with Crippen molar-refractivity contribution in [3.8, 4) is 11.4 Å². The summed E-state index contributed by atoms with van der Waals surface area (Å²) in [5.41, 5.74) is 4.19. The van der Waals surface area contributed by atoms with Crippen LogP contribution in [0.3, 0.4) is 0 Å². The van der Waals surface area contributed by atoms with Crippen LogP contribution >= 0.6 is 23.4 Å². The van der Waals surface area contributed by atoms with Crippen molar-refractivity contribution in [2.24, 2.45) is 0 Å². The van der Waals surface area contributed by atoms with E-state index >= 15 is 0 Å². The van der Waals surface area contributed by atoms with Crippen LogP contribution in [0, 0.1) is 6.92 Å². The molecule has 1 aliphatic rings. The van der Waals surface area contributed by atoms with Gasteiger partial charge < -0.3 is 9.14 Å². The zero-order valence-electron chi connectivity index (χ0n) is 16.7. The first kappa shape index (κ1) is 19.6. The average Bonchev–Trinajstić information content (AvgIpc) is 3.47. The van der Waals surface area contributed by atoms with Crippen LogP contribution in [0.4, 0.5) is 0 Å². The molecule has 0 bridgehead atoms. The van der Waals surface area contributed by atoms with Gasteiger partial charge in [0.1, 0.15) is 5.65 Å². The Morgan fingerprint density at radius 2 is 2.00 bits per heavy atom. The Labute approximate surface area is 184 Å². The Balaban J connectivity index is 1.41. The fraction of sp³-hybridized carbons (Fsp3) is 0.318. The largest absolute Gasteiger partial charge is 0.376 e. The summed E-state index contributed by atoms with van der Waals surface area (Å²) in [6.45, 7) is 3.66. The molecule has 5 rings (SSSR count). The van der Waals surface area contributed by atoms with Crippen LogP contribution < -0.4 is 0 Å². The van der Waals surface area contributed by atoms with E-state index in [0.717, 1.165) is 59.6 Å². The van der Waals surface area contributed by atoms with Crippen molar-refractivity contribution >= 4 is 29.0 Å². The molecule has 0 radical (unpaired) electrons. The Hall–Kier alpha value is -2.35. The molecule has 1 aromatic carbocycles. The maximum atomic E-state index is 6.07. The molecule has 30 heavy (non-hydrogen) atoms. The van der Waals surface area contributed by atoms with Crippen molar-refractivity contribution in [1.29, 1.82) is 0 Å².